The quantitative estimate of drug-likeness (QED) is 0.710. The van der Waals surface area contributed by atoms with Gasteiger partial charge >= 0.3 is 0 Å². The van der Waals surface area contributed by atoms with Crippen LogP contribution in [0.25, 0.3) is 0 Å². The zero-order valence-corrected chi connectivity index (χ0v) is 9.26. The molecule has 0 N–H and O–H groups in total. The van der Waals surface area contributed by atoms with Crippen molar-refractivity contribution >= 4 is 47.5 Å². The summed E-state index contributed by atoms with van der Waals surface area (Å²) in [4.78, 5) is 7.48. The minimum atomic E-state index is 0. The Balaban J connectivity index is 0. The summed E-state index contributed by atoms with van der Waals surface area (Å²) in [7, 11) is 0. The summed E-state index contributed by atoms with van der Waals surface area (Å²) >= 11 is 3.20. The first-order valence-electron chi connectivity index (χ1n) is 2.64. The minimum absolute atomic E-state index is 0. The van der Waals surface area contributed by atoms with Gasteiger partial charge in [0.2, 0.25) is 0 Å². The van der Waals surface area contributed by atoms with Crippen LogP contribution in [0.3, 0.4) is 0 Å². The van der Waals surface area contributed by atoms with Crippen molar-refractivity contribution in [1.29, 1.82) is 0 Å². The highest BCUT2D eigenvalue weighted by Crippen LogP contribution is 1.86. The standard InChI is InChI=1S/2C3H3NS.2ClH/c2*1-2-5-3-4-1;;/h2*1-3H;2*1H. The highest BCUT2D eigenvalue weighted by Gasteiger charge is 1.59. The molecule has 0 aliphatic heterocycles. The zero-order chi connectivity index (χ0) is 7.07. The molecule has 2 rings (SSSR count). The lowest BCUT2D eigenvalue weighted by Gasteiger charge is -1.41. The first-order chi connectivity index (χ1) is 5.00. The van der Waals surface area contributed by atoms with Gasteiger partial charge in [-0.2, -0.15) is 0 Å². The van der Waals surface area contributed by atoms with Gasteiger partial charge in [0, 0.05) is 23.2 Å². The summed E-state index contributed by atoms with van der Waals surface area (Å²) in [6, 6.07) is 0. The molecule has 2 aromatic rings. The first kappa shape index (κ1) is 14.4. The van der Waals surface area contributed by atoms with E-state index in [1.165, 1.54) is 0 Å². The third kappa shape index (κ3) is 7.94. The molecule has 0 aromatic carbocycles. The Kier molecular flexibility index (Phi) is 13.0. The molecule has 0 spiro atoms. The van der Waals surface area contributed by atoms with E-state index in [0.29, 0.717) is 0 Å². The Morgan fingerprint density at radius 2 is 1.17 bits per heavy atom. The lowest BCUT2D eigenvalue weighted by molar-refractivity contribution is 1.43. The molecule has 2 nitrogen and oxygen atoms in total. The van der Waals surface area contributed by atoms with Crippen molar-refractivity contribution in [2.24, 2.45) is 0 Å². The maximum Gasteiger partial charge on any atom is 0.0791 e. The molecule has 0 aliphatic rings. The smallest absolute Gasteiger partial charge is 0.0791 e. The second-order valence-electron chi connectivity index (χ2n) is 1.35. The van der Waals surface area contributed by atoms with Gasteiger partial charge in [0.15, 0.2) is 0 Å². The van der Waals surface area contributed by atoms with Crippen LogP contribution < -0.4 is 0 Å². The van der Waals surface area contributed by atoms with Crippen molar-refractivity contribution < 1.29 is 0 Å². The molecular formula is C6H8Cl2N2S2. The molecule has 0 amide bonds. The van der Waals surface area contributed by atoms with E-state index in [-0.39, 0.29) is 24.8 Å². The molecular weight excluding hydrogens is 235 g/mol. The predicted octanol–water partition coefficient (Wildman–Crippen LogP) is 3.13. The Morgan fingerprint density at radius 3 is 1.25 bits per heavy atom. The van der Waals surface area contributed by atoms with Crippen molar-refractivity contribution in [2.75, 3.05) is 0 Å². The van der Waals surface area contributed by atoms with Crippen molar-refractivity contribution in [3.8, 4) is 0 Å². The molecule has 6 heteroatoms. The average Bonchev–Trinajstić information content (AvgIpc) is 2.67. The van der Waals surface area contributed by atoms with Crippen LogP contribution >= 0.6 is 47.5 Å². The Morgan fingerprint density at radius 1 is 0.750 bits per heavy atom. The summed E-state index contributed by atoms with van der Waals surface area (Å²) in [6.45, 7) is 0. The number of hydrogen-bond acceptors (Lipinski definition) is 4. The van der Waals surface area contributed by atoms with Crippen molar-refractivity contribution in [2.45, 2.75) is 0 Å². The molecule has 0 radical (unpaired) electrons. The molecule has 0 bridgehead atoms. The van der Waals surface area contributed by atoms with Crippen LogP contribution in [0.4, 0.5) is 0 Å². The highest BCUT2D eigenvalue weighted by atomic mass is 35.5. The van der Waals surface area contributed by atoms with Crippen LogP contribution in [-0.2, 0) is 0 Å². The van der Waals surface area contributed by atoms with Crippen LogP contribution in [0.15, 0.2) is 34.2 Å². The van der Waals surface area contributed by atoms with Gasteiger partial charge in [-0.3, -0.25) is 9.97 Å². The normalized spacial score (nSPS) is 6.67. The van der Waals surface area contributed by atoms with Gasteiger partial charge < -0.3 is 0 Å². The maximum absolute atomic E-state index is 3.74. The highest BCUT2D eigenvalue weighted by molar-refractivity contribution is 7.07. The van der Waals surface area contributed by atoms with E-state index in [1.807, 2.05) is 10.8 Å². The van der Waals surface area contributed by atoms with Crippen molar-refractivity contribution in [3.05, 3.63) is 34.2 Å². The van der Waals surface area contributed by atoms with E-state index >= 15 is 0 Å². The van der Waals surface area contributed by atoms with Crippen LogP contribution in [0.2, 0.25) is 0 Å². The van der Waals surface area contributed by atoms with E-state index in [0.717, 1.165) is 0 Å². The summed E-state index contributed by atoms with van der Waals surface area (Å²) < 4.78 is 0. The third-order valence-corrected chi connectivity index (χ3v) is 1.74. The minimum Gasteiger partial charge on any atom is -0.253 e. The van der Waals surface area contributed by atoms with Crippen molar-refractivity contribution in [3.63, 3.8) is 0 Å². The number of hydrogen-bond donors (Lipinski definition) is 0. The van der Waals surface area contributed by atoms with Gasteiger partial charge in [-0.1, -0.05) is 0 Å². The molecule has 68 valence electrons. The van der Waals surface area contributed by atoms with Gasteiger partial charge in [-0.25, -0.2) is 0 Å². The van der Waals surface area contributed by atoms with Gasteiger partial charge in [0.1, 0.15) is 0 Å². The fourth-order valence-electron chi connectivity index (χ4n) is 0.351. The molecule has 0 fully saturated rings. The molecule has 2 aromatic heterocycles. The number of aromatic nitrogens is 2. The zero-order valence-electron chi connectivity index (χ0n) is 5.99. The van der Waals surface area contributed by atoms with Crippen LogP contribution in [0, 0.1) is 0 Å². The number of thiazole rings is 2. The van der Waals surface area contributed by atoms with Crippen LogP contribution in [-0.4, -0.2) is 9.97 Å². The Bertz CT molecular complexity index is 161. The second-order valence-corrected chi connectivity index (χ2v) is 2.86. The first-order valence-corrected chi connectivity index (χ1v) is 4.53. The average molecular weight is 243 g/mol. The fraction of sp³-hybridized carbons (Fsp3) is 0. The van der Waals surface area contributed by atoms with Gasteiger partial charge in [-0.15, -0.1) is 47.5 Å². The molecule has 0 unspecified atom stereocenters. The number of rotatable bonds is 0. The SMILES string of the molecule is Cl.Cl.c1cscn1.c1cscn1. The molecule has 0 aliphatic carbocycles. The maximum atomic E-state index is 3.74. The van der Waals surface area contributed by atoms with Gasteiger partial charge in [0.05, 0.1) is 11.0 Å². The second kappa shape index (κ2) is 10.8. The molecule has 12 heavy (non-hydrogen) atoms. The number of halogens is 2. The summed E-state index contributed by atoms with van der Waals surface area (Å²) in [5.74, 6) is 0. The number of nitrogens with zero attached hydrogens (tertiary/aromatic N) is 2. The Hall–Kier alpha value is -0.160. The third-order valence-electron chi connectivity index (χ3n) is 0.694. The van der Waals surface area contributed by atoms with E-state index < -0.39 is 0 Å². The summed E-state index contributed by atoms with van der Waals surface area (Å²) in [5.41, 5.74) is 3.58. The fourth-order valence-corrected chi connectivity index (χ4v) is 1.05. The van der Waals surface area contributed by atoms with Gasteiger partial charge in [-0.05, 0) is 0 Å². The topological polar surface area (TPSA) is 25.8 Å². The molecule has 0 atom stereocenters. The summed E-state index contributed by atoms with van der Waals surface area (Å²) in [6.07, 6.45) is 3.54. The van der Waals surface area contributed by atoms with Crippen molar-refractivity contribution in [1.82, 2.24) is 9.97 Å². The van der Waals surface area contributed by atoms with E-state index in [9.17, 15) is 0 Å². The molecule has 0 saturated carbocycles. The van der Waals surface area contributed by atoms with E-state index in [4.69, 9.17) is 0 Å². The lowest BCUT2D eigenvalue weighted by atomic mass is 11.0. The van der Waals surface area contributed by atoms with Crippen LogP contribution in [0.1, 0.15) is 0 Å². The lowest BCUT2D eigenvalue weighted by Crippen LogP contribution is -1.38. The predicted molar refractivity (Wildman–Crippen MR) is 58.7 cm³/mol. The largest absolute Gasteiger partial charge is 0.253 e. The Labute approximate surface area is 91.5 Å². The summed E-state index contributed by atoms with van der Waals surface area (Å²) in [5, 5.41) is 3.86. The van der Waals surface area contributed by atoms with E-state index in [1.54, 1.807) is 46.1 Å². The molecule has 0 saturated heterocycles. The van der Waals surface area contributed by atoms with Gasteiger partial charge in [0.25, 0.3) is 0 Å². The molecule has 2 heterocycles. The van der Waals surface area contributed by atoms with Crippen LogP contribution in [0.5, 0.6) is 0 Å². The monoisotopic (exact) mass is 242 g/mol. The van der Waals surface area contributed by atoms with E-state index in [2.05, 4.69) is 9.97 Å².